The van der Waals surface area contributed by atoms with E-state index in [1.807, 2.05) is 36.4 Å². The van der Waals surface area contributed by atoms with E-state index >= 15 is 0 Å². The van der Waals surface area contributed by atoms with Crippen LogP contribution < -0.4 is 20.5 Å². The van der Waals surface area contributed by atoms with E-state index in [9.17, 15) is 0 Å². The van der Waals surface area contributed by atoms with Gasteiger partial charge in [0.2, 0.25) is 0 Å². The van der Waals surface area contributed by atoms with E-state index in [0.29, 0.717) is 0 Å². The average molecular weight is 393 g/mol. The van der Waals surface area contributed by atoms with Crippen LogP contribution in [0.25, 0.3) is 23.1 Å². The molecule has 1 atom stereocenters. The summed E-state index contributed by atoms with van der Waals surface area (Å²) in [6, 6.07) is 18.5. The van der Waals surface area contributed by atoms with Crippen molar-refractivity contribution < 1.29 is 4.42 Å². The Morgan fingerprint density at radius 1 is 0.933 bits per heavy atom. The van der Waals surface area contributed by atoms with E-state index in [2.05, 4.69) is 63.9 Å². The van der Waals surface area contributed by atoms with E-state index < -0.39 is 0 Å². The molecule has 0 unspecified atom stereocenters. The zero-order chi connectivity index (χ0) is 20.2. The first-order chi connectivity index (χ1) is 14.7. The van der Waals surface area contributed by atoms with Crippen molar-refractivity contribution in [1.29, 1.82) is 0 Å². The quantitative estimate of drug-likeness (QED) is 0.488. The number of hydrogen-bond donors (Lipinski definition) is 0. The fourth-order valence-electron chi connectivity index (χ4n) is 4.49. The molecule has 4 heterocycles. The Balaban J connectivity index is 1.52. The summed E-state index contributed by atoms with van der Waals surface area (Å²) in [5.74, 6) is 3.88. The SMILES string of the molecule is CB1C=c2oc3ccccc3c2=CN1N1c2nccnc2N(c2ccccc2)[C@@H]1C. The first-order valence-electron chi connectivity index (χ1n) is 10.2. The molecule has 0 saturated carbocycles. The summed E-state index contributed by atoms with van der Waals surface area (Å²) < 4.78 is 6.09. The molecule has 2 aromatic heterocycles. The number of anilines is 3. The minimum Gasteiger partial charge on any atom is -0.457 e. The van der Waals surface area contributed by atoms with Gasteiger partial charge in [-0.05, 0) is 31.1 Å². The maximum Gasteiger partial charge on any atom is 0.306 e. The molecule has 0 bridgehead atoms. The molecule has 0 radical (unpaired) electrons. The zero-order valence-corrected chi connectivity index (χ0v) is 16.8. The lowest BCUT2D eigenvalue weighted by Crippen LogP contribution is -2.55. The van der Waals surface area contributed by atoms with Crippen LogP contribution in [0.2, 0.25) is 6.82 Å². The fourth-order valence-corrected chi connectivity index (χ4v) is 4.49. The summed E-state index contributed by atoms with van der Waals surface area (Å²) >= 11 is 0. The van der Waals surface area contributed by atoms with E-state index in [4.69, 9.17) is 9.40 Å². The lowest BCUT2D eigenvalue weighted by Gasteiger charge is -2.39. The highest BCUT2D eigenvalue weighted by molar-refractivity contribution is 6.70. The molecule has 0 amide bonds. The first kappa shape index (κ1) is 17.2. The van der Waals surface area contributed by atoms with Gasteiger partial charge in [-0.2, -0.15) is 0 Å². The van der Waals surface area contributed by atoms with Gasteiger partial charge in [0.25, 0.3) is 0 Å². The lowest BCUT2D eigenvalue weighted by molar-refractivity contribution is 0.491. The number of hydrazine groups is 1. The molecule has 2 aliphatic heterocycles. The summed E-state index contributed by atoms with van der Waals surface area (Å²) in [7, 11) is 0. The smallest absolute Gasteiger partial charge is 0.306 e. The van der Waals surface area contributed by atoms with Crippen LogP contribution >= 0.6 is 0 Å². The van der Waals surface area contributed by atoms with Crippen molar-refractivity contribution in [2.75, 3.05) is 9.91 Å². The van der Waals surface area contributed by atoms with Gasteiger partial charge < -0.3 is 14.2 Å². The monoisotopic (exact) mass is 393 g/mol. The van der Waals surface area contributed by atoms with Crippen LogP contribution in [-0.2, 0) is 0 Å². The van der Waals surface area contributed by atoms with Crippen LogP contribution in [0.5, 0.6) is 0 Å². The fraction of sp³-hybridized carbons (Fsp3) is 0.130. The summed E-state index contributed by atoms with van der Waals surface area (Å²) in [6.45, 7) is 4.45. The summed E-state index contributed by atoms with van der Waals surface area (Å²) in [5, 5.41) is 4.44. The van der Waals surface area contributed by atoms with Gasteiger partial charge in [-0.15, -0.1) is 0 Å². The highest BCUT2D eigenvalue weighted by Gasteiger charge is 2.41. The molecule has 2 aliphatic rings. The number of nitrogens with zero attached hydrogens (tertiary/aromatic N) is 5. The molecule has 0 aliphatic carbocycles. The Bertz CT molecular complexity index is 1370. The summed E-state index contributed by atoms with van der Waals surface area (Å²) in [4.78, 5) is 13.8. The molecule has 6 nitrogen and oxygen atoms in total. The maximum atomic E-state index is 6.09. The van der Waals surface area contributed by atoms with Crippen molar-refractivity contribution >= 4 is 47.3 Å². The second kappa shape index (κ2) is 6.39. The predicted molar refractivity (Wildman–Crippen MR) is 120 cm³/mol. The Labute approximate surface area is 174 Å². The Morgan fingerprint density at radius 2 is 1.67 bits per heavy atom. The third-order valence-corrected chi connectivity index (χ3v) is 5.85. The molecule has 6 rings (SSSR count). The molecule has 0 spiro atoms. The highest BCUT2D eigenvalue weighted by atomic mass is 16.3. The molecule has 0 N–H and O–H groups in total. The third-order valence-electron chi connectivity index (χ3n) is 5.85. The molecular formula is C23H20BN5O. The minimum absolute atomic E-state index is 0.0108. The van der Waals surface area contributed by atoms with Gasteiger partial charge in [0.05, 0.1) is 0 Å². The molecule has 30 heavy (non-hydrogen) atoms. The van der Waals surface area contributed by atoms with Crippen LogP contribution in [0.4, 0.5) is 17.3 Å². The van der Waals surface area contributed by atoms with Crippen molar-refractivity contribution in [2.24, 2.45) is 0 Å². The molecule has 2 aromatic carbocycles. The number of fused-ring (bicyclic) bond motifs is 4. The maximum absolute atomic E-state index is 6.09. The van der Waals surface area contributed by atoms with Gasteiger partial charge in [-0.3, -0.25) is 5.01 Å². The summed E-state index contributed by atoms with van der Waals surface area (Å²) in [6.07, 6.45) is 5.69. The van der Waals surface area contributed by atoms with Crippen LogP contribution in [0, 0.1) is 0 Å². The Kier molecular flexibility index (Phi) is 3.65. The van der Waals surface area contributed by atoms with Crippen molar-refractivity contribution in [1.82, 2.24) is 14.9 Å². The standard InChI is InChI=1S/C23H20BN5O/c1-16-28(17-8-4-3-5-9-17)22-23(26-13-12-25-22)29(16)27-15-19-18-10-6-7-11-20(18)30-21(19)14-24(27)2/h3-16H,1-2H3/t16-/m0/s1. The average Bonchev–Trinajstić information content (AvgIpc) is 3.27. The number of furan rings is 1. The van der Waals surface area contributed by atoms with E-state index in [0.717, 1.165) is 38.9 Å². The largest absolute Gasteiger partial charge is 0.457 e. The minimum atomic E-state index is 0.0108. The van der Waals surface area contributed by atoms with Crippen LogP contribution in [0.15, 0.2) is 71.4 Å². The van der Waals surface area contributed by atoms with Crippen LogP contribution in [0.1, 0.15) is 6.92 Å². The molecule has 4 aromatic rings. The van der Waals surface area contributed by atoms with Crippen LogP contribution in [0.3, 0.4) is 0 Å². The van der Waals surface area contributed by atoms with E-state index in [-0.39, 0.29) is 13.0 Å². The Hall–Kier alpha value is -3.74. The number of hydrogen-bond acceptors (Lipinski definition) is 6. The lowest BCUT2D eigenvalue weighted by atomic mass is 9.63. The van der Waals surface area contributed by atoms with Crippen molar-refractivity contribution in [2.45, 2.75) is 19.9 Å². The van der Waals surface area contributed by atoms with Gasteiger partial charge in [-0.1, -0.05) is 43.2 Å². The Morgan fingerprint density at radius 3 is 2.50 bits per heavy atom. The topological polar surface area (TPSA) is 48.6 Å². The molecule has 7 heteroatoms. The predicted octanol–water partition coefficient (Wildman–Crippen LogP) is 3.14. The van der Waals surface area contributed by atoms with Crippen molar-refractivity contribution in [3.05, 3.63) is 77.6 Å². The number of benzene rings is 2. The zero-order valence-electron chi connectivity index (χ0n) is 16.8. The third kappa shape index (κ3) is 2.38. The second-order valence-electron chi connectivity index (χ2n) is 7.68. The van der Waals surface area contributed by atoms with Gasteiger partial charge in [-0.25, -0.2) is 9.97 Å². The van der Waals surface area contributed by atoms with E-state index in [1.165, 1.54) is 0 Å². The number of aromatic nitrogens is 2. The normalized spacial score (nSPS) is 17.6. The van der Waals surface area contributed by atoms with Crippen molar-refractivity contribution in [3.63, 3.8) is 0 Å². The van der Waals surface area contributed by atoms with Gasteiger partial charge >= 0.3 is 6.85 Å². The van der Waals surface area contributed by atoms with Crippen LogP contribution in [-0.4, -0.2) is 27.9 Å². The van der Waals surface area contributed by atoms with Gasteiger partial charge in [0.15, 0.2) is 11.6 Å². The molecule has 0 saturated heterocycles. The second-order valence-corrected chi connectivity index (χ2v) is 7.68. The van der Waals surface area contributed by atoms with Gasteiger partial charge in [0.1, 0.15) is 17.2 Å². The highest BCUT2D eigenvalue weighted by Crippen LogP contribution is 2.42. The van der Waals surface area contributed by atoms with Crippen molar-refractivity contribution in [3.8, 4) is 0 Å². The van der Waals surface area contributed by atoms with E-state index in [1.54, 1.807) is 12.4 Å². The number of para-hydroxylation sites is 2. The molecular weight excluding hydrogens is 373 g/mol. The molecule has 146 valence electrons. The summed E-state index contributed by atoms with van der Waals surface area (Å²) in [5.41, 5.74) is 2.92. The van der Waals surface area contributed by atoms with Gasteiger partial charge in [0, 0.05) is 34.9 Å². The molecule has 0 fully saturated rings. The number of rotatable bonds is 2. The first-order valence-corrected chi connectivity index (χ1v) is 10.2.